The molecule has 1 atom stereocenters. The number of rotatable bonds is 6. The van der Waals surface area contributed by atoms with Gasteiger partial charge in [0.25, 0.3) is 0 Å². The second-order valence-corrected chi connectivity index (χ2v) is 6.46. The van der Waals surface area contributed by atoms with Gasteiger partial charge in [0.2, 0.25) is 10.0 Å². The zero-order valence-corrected chi connectivity index (χ0v) is 11.7. The SMILES string of the molecule is CC(C)C[C@H](NS(=O)(=O)c1cc(F)cc(F)c1)C(=O)O. The molecular formula is C12H15F2NO4S. The Balaban J connectivity index is 3.06. The van der Waals surface area contributed by atoms with Crippen LogP contribution in [0.5, 0.6) is 0 Å². The zero-order chi connectivity index (χ0) is 15.5. The Hall–Kier alpha value is -1.54. The van der Waals surface area contributed by atoms with Crippen LogP contribution in [-0.4, -0.2) is 25.5 Å². The van der Waals surface area contributed by atoms with Crippen LogP contribution in [-0.2, 0) is 14.8 Å². The molecular weight excluding hydrogens is 292 g/mol. The Morgan fingerprint density at radius 2 is 1.75 bits per heavy atom. The second kappa shape index (κ2) is 6.27. The zero-order valence-electron chi connectivity index (χ0n) is 10.9. The van der Waals surface area contributed by atoms with Crippen LogP contribution in [0.25, 0.3) is 0 Å². The van der Waals surface area contributed by atoms with Gasteiger partial charge in [0.1, 0.15) is 17.7 Å². The molecule has 0 saturated heterocycles. The molecule has 1 aromatic rings. The number of sulfonamides is 1. The predicted octanol–water partition coefficient (Wildman–Crippen LogP) is 1.74. The maximum Gasteiger partial charge on any atom is 0.321 e. The topological polar surface area (TPSA) is 83.5 Å². The number of hydrogen-bond donors (Lipinski definition) is 2. The summed E-state index contributed by atoms with van der Waals surface area (Å²) in [6.45, 7) is 3.46. The van der Waals surface area contributed by atoms with Crippen molar-refractivity contribution < 1.29 is 27.1 Å². The summed E-state index contributed by atoms with van der Waals surface area (Å²) in [5, 5.41) is 8.97. The van der Waals surface area contributed by atoms with Crippen molar-refractivity contribution in [3.8, 4) is 0 Å². The quantitative estimate of drug-likeness (QED) is 0.838. The van der Waals surface area contributed by atoms with E-state index < -0.39 is 38.6 Å². The third-order valence-corrected chi connectivity index (χ3v) is 3.90. The lowest BCUT2D eigenvalue weighted by molar-refractivity contribution is -0.139. The summed E-state index contributed by atoms with van der Waals surface area (Å²) in [5.74, 6) is -3.52. The molecule has 5 nitrogen and oxygen atoms in total. The Morgan fingerprint density at radius 3 is 2.15 bits per heavy atom. The molecule has 0 heterocycles. The number of carboxylic acids is 1. The summed E-state index contributed by atoms with van der Waals surface area (Å²) in [7, 11) is -4.31. The van der Waals surface area contributed by atoms with Crippen LogP contribution in [0.3, 0.4) is 0 Å². The number of hydrogen-bond acceptors (Lipinski definition) is 3. The third kappa shape index (κ3) is 4.53. The molecule has 0 aliphatic heterocycles. The van der Waals surface area contributed by atoms with Gasteiger partial charge in [-0.25, -0.2) is 17.2 Å². The van der Waals surface area contributed by atoms with E-state index in [9.17, 15) is 22.0 Å². The fraction of sp³-hybridized carbons (Fsp3) is 0.417. The molecule has 0 aromatic heterocycles. The van der Waals surface area contributed by atoms with Gasteiger partial charge in [-0.3, -0.25) is 4.79 Å². The lowest BCUT2D eigenvalue weighted by Crippen LogP contribution is -2.41. The van der Waals surface area contributed by atoms with E-state index in [4.69, 9.17) is 5.11 Å². The van der Waals surface area contributed by atoms with Crippen molar-refractivity contribution in [2.75, 3.05) is 0 Å². The number of carbonyl (C=O) groups is 1. The fourth-order valence-electron chi connectivity index (χ4n) is 1.61. The Morgan fingerprint density at radius 1 is 1.25 bits per heavy atom. The van der Waals surface area contributed by atoms with Crippen LogP contribution >= 0.6 is 0 Å². The van der Waals surface area contributed by atoms with E-state index in [1.165, 1.54) is 0 Å². The van der Waals surface area contributed by atoms with Crippen molar-refractivity contribution in [1.82, 2.24) is 4.72 Å². The van der Waals surface area contributed by atoms with E-state index in [1.54, 1.807) is 13.8 Å². The normalized spacial score (nSPS) is 13.4. The van der Waals surface area contributed by atoms with E-state index in [-0.39, 0.29) is 12.3 Å². The van der Waals surface area contributed by atoms with E-state index in [0.717, 1.165) is 0 Å². The summed E-state index contributed by atoms with van der Waals surface area (Å²) >= 11 is 0. The minimum atomic E-state index is -4.31. The van der Waals surface area contributed by atoms with E-state index >= 15 is 0 Å². The standard InChI is InChI=1S/C12H15F2NO4S/c1-7(2)3-11(12(16)17)15-20(18,19)10-5-8(13)4-9(14)6-10/h4-7,11,15H,3H2,1-2H3,(H,16,17)/t11-/m0/s1. The van der Waals surface area contributed by atoms with Gasteiger partial charge in [-0.05, 0) is 24.5 Å². The lowest BCUT2D eigenvalue weighted by Gasteiger charge is -2.16. The summed E-state index contributed by atoms with van der Waals surface area (Å²) in [5.41, 5.74) is 0. The van der Waals surface area contributed by atoms with Gasteiger partial charge < -0.3 is 5.11 Å². The maximum atomic E-state index is 13.0. The first kappa shape index (κ1) is 16.5. The van der Waals surface area contributed by atoms with Gasteiger partial charge in [0, 0.05) is 6.07 Å². The third-order valence-electron chi connectivity index (χ3n) is 2.45. The van der Waals surface area contributed by atoms with Gasteiger partial charge >= 0.3 is 5.97 Å². The van der Waals surface area contributed by atoms with Gasteiger partial charge in [-0.15, -0.1) is 0 Å². The Bertz CT molecular complexity index is 581. The molecule has 112 valence electrons. The molecule has 0 radical (unpaired) electrons. The van der Waals surface area contributed by atoms with Crippen molar-refractivity contribution in [2.24, 2.45) is 5.92 Å². The summed E-state index contributed by atoms with van der Waals surface area (Å²) < 4.78 is 51.8. The second-order valence-electron chi connectivity index (χ2n) is 4.75. The molecule has 20 heavy (non-hydrogen) atoms. The molecule has 0 aliphatic rings. The summed E-state index contributed by atoms with van der Waals surface area (Å²) in [6, 6.07) is 0.424. The molecule has 8 heteroatoms. The van der Waals surface area contributed by atoms with Crippen LogP contribution in [0.2, 0.25) is 0 Å². The highest BCUT2D eigenvalue weighted by molar-refractivity contribution is 7.89. The van der Waals surface area contributed by atoms with Crippen molar-refractivity contribution in [3.63, 3.8) is 0 Å². The lowest BCUT2D eigenvalue weighted by atomic mass is 10.1. The van der Waals surface area contributed by atoms with Gasteiger partial charge in [-0.1, -0.05) is 13.8 Å². The average molecular weight is 307 g/mol. The van der Waals surface area contributed by atoms with Crippen molar-refractivity contribution in [1.29, 1.82) is 0 Å². The molecule has 1 aromatic carbocycles. The number of aliphatic carboxylic acids is 1. The first-order chi connectivity index (χ1) is 9.11. The minimum absolute atomic E-state index is 0.0619. The highest BCUT2D eigenvalue weighted by Crippen LogP contribution is 2.15. The molecule has 0 bridgehead atoms. The summed E-state index contributed by atoms with van der Waals surface area (Å²) in [4.78, 5) is 10.4. The Kier molecular flexibility index (Phi) is 5.18. The molecule has 0 saturated carbocycles. The number of nitrogens with one attached hydrogen (secondary N) is 1. The predicted molar refractivity (Wildman–Crippen MR) is 67.6 cm³/mol. The van der Waals surface area contributed by atoms with Crippen LogP contribution in [0, 0.1) is 17.6 Å². The first-order valence-electron chi connectivity index (χ1n) is 5.83. The molecule has 0 amide bonds. The van der Waals surface area contributed by atoms with Gasteiger partial charge in [-0.2, -0.15) is 4.72 Å². The van der Waals surface area contributed by atoms with Crippen molar-refractivity contribution >= 4 is 16.0 Å². The highest BCUT2D eigenvalue weighted by atomic mass is 32.2. The van der Waals surface area contributed by atoms with Gasteiger partial charge in [0.05, 0.1) is 4.90 Å². The first-order valence-corrected chi connectivity index (χ1v) is 7.31. The fourth-order valence-corrected chi connectivity index (χ4v) is 2.85. The highest BCUT2D eigenvalue weighted by Gasteiger charge is 2.26. The van der Waals surface area contributed by atoms with Crippen LogP contribution in [0.4, 0.5) is 8.78 Å². The van der Waals surface area contributed by atoms with E-state index in [0.29, 0.717) is 18.2 Å². The molecule has 2 N–H and O–H groups in total. The Labute approximate surface area is 115 Å². The average Bonchev–Trinajstić information content (AvgIpc) is 2.25. The van der Waals surface area contributed by atoms with Crippen LogP contribution in [0.15, 0.2) is 23.1 Å². The van der Waals surface area contributed by atoms with Gasteiger partial charge in [0.15, 0.2) is 0 Å². The molecule has 0 aliphatic carbocycles. The van der Waals surface area contributed by atoms with E-state index in [2.05, 4.69) is 0 Å². The number of halogens is 2. The summed E-state index contributed by atoms with van der Waals surface area (Å²) in [6.07, 6.45) is 0.0619. The van der Waals surface area contributed by atoms with E-state index in [1.807, 2.05) is 4.72 Å². The van der Waals surface area contributed by atoms with Crippen LogP contribution < -0.4 is 4.72 Å². The molecule has 0 fully saturated rings. The monoisotopic (exact) mass is 307 g/mol. The smallest absolute Gasteiger partial charge is 0.321 e. The number of carboxylic acid groups (broad SMARTS) is 1. The minimum Gasteiger partial charge on any atom is -0.480 e. The maximum absolute atomic E-state index is 13.0. The van der Waals surface area contributed by atoms with Crippen molar-refractivity contribution in [3.05, 3.63) is 29.8 Å². The molecule has 0 spiro atoms. The van der Waals surface area contributed by atoms with Crippen molar-refractivity contribution in [2.45, 2.75) is 31.2 Å². The molecule has 0 unspecified atom stereocenters. The number of benzene rings is 1. The molecule has 1 rings (SSSR count). The van der Waals surface area contributed by atoms with Crippen LogP contribution in [0.1, 0.15) is 20.3 Å². The largest absolute Gasteiger partial charge is 0.480 e.